The van der Waals surface area contributed by atoms with Gasteiger partial charge in [-0.3, -0.25) is 4.79 Å². The molecule has 0 saturated heterocycles. The zero-order valence-electron chi connectivity index (χ0n) is 16.1. The molecule has 0 unspecified atom stereocenters. The van der Waals surface area contributed by atoms with Crippen molar-refractivity contribution in [3.05, 3.63) is 89.6 Å². The van der Waals surface area contributed by atoms with Crippen molar-refractivity contribution in [3.8, 4) is 0 Å². The van der Waals surface area contributed by atoms with Crippen molar-refractivity contribution >= 4 is 40.1 Å². The predicted molar refractivity (Wildman–Crippen MR) is 114 cm³/mol. The van der Waals surface area contributed by atoms with E-state index in [-0.39, 0.29) is 16.8 Å². The standard InChI is InChI=1S/C22H14F5N3OS/c23-14-9-15(24)11-17(10-14)30-32-18-4-2-16(3-5-18)28-21(31)20-8-12-7-13(22(25,26)27)1-6-19(12)29-20/h1-11,29-30H,(H,28,31). The lowest BCUT2D eigenvalue weighted by atomic mass is 10.1. The number of halogens is 5. The first kappa shape index (κ1) is 21.7. The van der Waals surface area contributed by atoms with Crippen LogP contribution in [-0.2, 0) is 6.18 Å². The van der Waals surface area contributed by atoms with Crippen molar-refractivity contribution in [2.75, 3.05) is 10.0 Å². The van der Waals surface area contributed by atoms with Gasteiger partial charge in [0.2, 0.25) is 0 Å². The van der Waals surface area contributed by atoms with E-state index in [1.54, 1.807) is 24.3 Å². The minimum Gasteiger partial charge on any atom is -0.351 e. The van der Waals surface area contributed by atoms with Gasteiger partial charge in [-0.2, -0.15) is 13.2 Å². The lowest BCUT2D eigenvalue weighted by molar-refractivity contribution is -0.137. The van der Waals surface area contributed by atoms with Crippen molar-refractivity contribution in [3.63, 3.8) is 0 Å². The molecule has 1 aromatic heterocycles. The summed E-state index contributed by atoms with van der Waals surface area (Å²) in [6, 6.07) is 14.3. The average molecular weight is 463 g/mol. The van der Waals surface area contributed by atoms with Crippen LogP contribution in [0.1, 0.15) is 16.1 Å². The number of H-pyrrole nitrogens is 1. The molecule has 4 aromatic rings. The molecule has 4 nitrogen and oxygen atoms in total. The Balaban J connectivity index is 1.41. The van der Waals surface area contributed by atoms with Crippen molar-refractivity contribution in [1.82, 2.24) is 4.98 Å². The SMILES string of the molecule is O=C(Nc1ccc(SNc2cc(F)cc(F)c2)cc1)c1cc2cc(C(F)(F)F)ccc2[nH]1. The van der Waals surface area contributed by atoms with Gasteiger partial charge < -0.3 is 15.0 Å². The van der Waals surface area contributed by atoms with Crippen LogP contribution < -0.4 is 10.0 Å². The molecule has 0 bridgehead atoms. The molecule has 0 aliphatic heterocycles. The molecule has 0 fully saturated rings. The molecule has 0 spiro atoms. The monoisotopic (exact) mass is 463 g/mol. The number of carbonyl (C=O) groups is 1. The average Bonchev–Trinajstić information content (AvgIpc) is 3.16. The zero-order chi connectivity index (χ0) is 22.9. The first-order valence-electron chi connectivity index (χ1n) is 9.18. The Morgan fingerprint density at radius 2 is 1.53 bits per heavy atom. The number of fused-ring (bicyclic) bond motifs is 1. The molecule has 32 heavy (non-hydrogen) atoms. The Kier molecular flexibility index (Phi) is 5.79. The molecule has 0 aliphatic rings. The van der Waals surface area contributed by atoms with Gasteiger partial charge in [0.05, 0.1) is 11.3 Å². The molecule has 0 aliphatic carbocycles. The summed E-state index contributed by atoms with van der Waals surface area (Å²) < 4.78 is 67.9. The van der Waals surface area contributed by atoms with Crippen LogP contribution in [0, 0.1) is 11.6 Å². The molecule has 0 saturated carbocycles. The van der Waals surface area contributed by atoms with Gasteiger partial charge in [-0.25, -0.2) is 8.78 Å². The Morgan fingerprint density at radius 3 is 2.19 bits per heavy atom. The number of rotatable bonds is 5. The third kappa shape index (κ3) is 5.02. The summed E-state index contributed by atoms with van der Waals surface area (Å²) in [6.07, 6.45) is -4.47. The number of alkyl halides is 3. The van der Waals surface area contributed by atoms with Gasteiger partial charge in [-0.15, -0.1) is 0 Å². The molecule has 10 heteroatoms. The maximum Gasteiger partial charge on any atom is 0.416 e. The number of aromatic nitrogens is 1. The smallest absolute Gasteiger partial charge is 0.351 e. The molecule has 1 amide bonds. The Morgan fingerprint density at radius 1 is 0.844 bits per heavy atom. The van der Waals surface area contributed by atoms with Crippen molar-refractivity contribution in [2.24, 2.45) is 0 Å². The fourth-order valence-corrected chi connectivity index (χ4v) is 3.59. The lowest BCUT2D eigenvalue weighted by Gasteiger charge is -2.08. The highest BCUT2D eigenvalue weighted by atomic mass is 32.2. The molecule has 3 aromatic carbocycles. The number of nitrogens with one attached hydrogen (secondary N) is 3. The van der Waals surface area contributed by atoms with Gasteiger partial charge in [0, 0.05) is 27.6 Å². The second-order valence-corrected chi connectivity index (χ2v) is 7.70. The highest BCUT2D eigenvalue weighted by Gasteiger charge is 2.30. The topological polar surface area (TPSA) is 56.9 Å². The molecule has 3 N–H and O–H groups in total. The summed E-state index contributed by atoms with van der Waals surface area (Å²) >= 11 is 1.13. The van der Waals surface area contributed by atoms with Crippen LogP contribution in [-0.4, -0.2) is 10.9 Å². The summed E-state index contributed by atoms with van der Waals surface area (Å²) in [5.41, 5.74) is 0.462. The van der Waals surface area contributed by atoms with Gasteiger partial charge in [-0.1, -0.05) is 0 Å². The summed E-state index contributed by atoms with van der Waals surface area (Å²) in [6.45, 7) is 0. The van der Waals surface area contributed by atoms with Crippen molar-refractivity contribution in [1.29, 1.82) is 0 Å². The van der Waals surface area contributed by atoms with Crippen LogP contribution in [0.15, 0.2) is 71.6 Å². The molecular weight excluding hydrogens is 449 g/mol. The van der Waals surface area contributed by atoms with Gasteiger partial charge in [0.25, 0.3) is 5.91 Å². The summed E-state index contributed by atoms with van der Waals surface area (Å²) in [7, 11) is 0. The van der Waals surface area contributed by atoms with Crippen LogP contribution in [0.25, 0.3) is 10.9 Å². The van der Waals surface area contributed by atoms with Crippen LogP contribution in [0.4, 0.5) is 33.3 Å². The number of hydrogen-bond donors (Lipinski definition) is 3. The quantitative estimate of drug-likeness (QED) is 0.224. The van der Waals surface area contributed by atoms with Crippen molar-refractivity contribution < 1.29 is 26.7 Å². The number of anilines is 2. The number of aromatic amines is 1. The van der Waals surface area contributed by atoms with E-state index in [0.29, 0.717) is 11.2 Å². The van der Waals surface area contributed by atoms with E-state index >= 15 is 0 Å². The van der Waals surface area contributed by atoms with Gasteiger partial charge in [0.15, 0.2) is 0 Å². The van der Waals surface area contributed by atoms with E-state index in [2.05, 4.69) is 15.0 Å². The second kappa shape index (κ2) is 8.54. The third-order valence-electron chi connectivity index (χ3n) is 4.45. The van der Waals surface area contributed by atoms with Crippen LogP contribution in [0.5, 0.6) is 0 Å². The number of amides is 1. The number of carbonyl (C=O) groups excluding carboxylic acids is 1. The normalized spacial score (nSPS) is 11.5. The maximum atomic E-state index is 13.2. The van der Waals surface area contributed by atoms with Gasteiger partial charge in [-0.05, 0) is 72.6 Å². The number of benzene rings is 3. The molecule has 4 rings (SSSR count). The summed E-state index contributed by atoms with van der Waals surface area (Å²) in [5.74, 6) is -1.90. The molecule has 0 radical (unpaired) electrons. The fourth-order valence-electron chi connectivity index (χ4n) is 2.97. The predicted octanol–water partition coefficient (Wildman–Crippen LogP) is 6.84. The van der Waals surface area contributed by atoms with Crippen LogP contribution in [0.3, 0.4) is 0 Å². The molecule has 0 atom stereocenters. The molecule has 1 heterocycles. The second-order valence-electron chi connectivity index (χ2n) is 6.82. The van der Waals surface area contributed by atoms with E-state index in [1.165, 1.54) is 12.1 Å². The highest BCUT2D eigenvalue weighted by Crippen LogP contribution is 2.31. The molecule has 164 valence electrons. The maximum absolute atomic E-state index is 13.2. The first-order chi connectivity index (χ1) is 15.2. The van der Waals surface area contributed by atoms with Crippen molar-refractivity contribution in [2.45, 2.75) is 11.1 Å². The third-order valence-corrected chi connectivity index (χ3v) is 5.30. The Bertz CT molecular complexity index is 1260. The highest BCUT2D eigenvalue weighted by molar-refractivity contribution is 8.00. The zero-order valence-corrected chi connectivity index (χ0v) is 16.9. The van der Waals surface area contributed by atoms with E-state index in [4.69, 9.17) is 0 Å². The first-order valence-corrected chi connectivity index (χ1v) is 9.99. The summed E-state index contributed by atoms with van der Waals surface area (Å²) in [4.78, 5) is 16.0. The van der Waals surface area contributed by atoms with Crippen LogP contribution in [0.2, 0.25) is 0 Å². The fraction of sp³-hybridized carbons (Fsp3) is 0.0455. The minimum absolute atomic E-state index is 0.118. The van der Waals surface area contributed by atoms with E-state index < -0.39 is 29.3 Å². The van der Waals surface area contributed by atoms with Gasteiger partial charge >= 0.3 is 6.18 Å². The lowest BCUT2D eigenvalue weighted by Crippen LogP contribution is -2.12. The minimum atomic E-state index is -4.47. The van der Waals surface area contributed by atoms with Crippen LogP contribution >= 0.6 is 11.9 Å². The largest absolute Gasteiger partial charge is 0.416 e. The Hall–Kier alpha value is -3.53. The summed E-state index contributed by atoms with van der Waals surface area (Å²) in [5, 5.41) is 2.93. The Labute approximate surface area is 183 Å². The molecular formula is C22H14F5N3OS. The van der Waals surface area contributed by atoms with E-state index in [1.807, 2.05) is 0 Å². The van der Waals surface area contributed by atoms with E-state index in [9.17, 15) is 26.7 Å². The van der Waals surface area contributed by atoms with Gasteiger partial charge in [0.1, 0.15) is 17.3 Å². The van der Waals surface area contributed by atoms with E-state index in [0.717, 1.165) is 47.2 Å². The number of hydrogen-bond acceptors (Lipinski definition) is 3.